The molecule has 0 atom stereocenters. The molecule has 0 fully saturated rings. The van der Waals surface area contributed by atoms with E-state index in [4.69, 9.17) is 0 Å². The van der Waals surface area contributed by atoms with Gasteiger partial charge < -0.3 is 0 Å². The molecule has 2 heterocycles. The first kappa shape index (κ1) is 14.2. The van der Waals surface area contributed by atoms with Crippen molar-refractivity contribution < 1.29 is 12.3 Å². The number of fused-ring (bicyclic) bond motifs is 3. The third-order valence-corrected chi connectivity index (χ3v) is 6.42. The van der Waals surface area contributed by atoms with E-state index in [1.807, 2.05) is 0 Å². The summed E-state index contributed by atoms with van der Waals surface area (Å²) in [6.07, 6.45) is 5.97. The van der Waals surface area contributed by atoms with Gasteiger partial charge in [-0.15, -0.1) is 27.0 Å². The van der Waals surface area contributed by atoms with Crippen LogP contribution in [-0.4, -0.2) is 29.9 Å². The Bertz CT molecular complexity index is 742. The fourth-order valence-corrected chi connectivity index (χ4v) is 5.51. The number of aromatic nitrogens is 2. The standard InChI is InChI=1S/C12H13FN2O2S3/c13-20(16,17)6-5-18-11-10-8-3-1-2-4-9(8)19-12(10)15-7-14-11/h7H,1-6H2. The van der Waals surface area contributed by atoms with E-state index in [-0.39, 0.29) is 5.75 Å². The lowest BCUT2D eigenvalue weighted by Gasteiger charge is -2.11. The SMILES string of the molecule is O=S(=O)(F)CCSc1ncnc2sc3c(c12)CCCC3. The molecule has 0 N–H and O–H groups in total. The highest BCUT2D eigenvalue weighted by molar-refractivity contribution is 8.00. The molecule has 1 aliphatic carbocycles. The van der Waals surface area contributed by atoms with Crippen LogP contribution in [0.25, 0.3) is 10.2 Å². The molecule has 0 amide bonds. The van der Waals surface area contributed by atoms with Crippen LogP contribution in [-0.2, 0) is 23.1 Å². The van der Waals surface area contributed by atoms with Crippen molar-refractivity contribution in [3.8, 4) is 0 Å². The minimum absolute atomic E-state index is 0.176. The van der Waals surface area contributed by atoms with Crippen LogP contribution in [0, 0.1) is 0 Å². The van der Waals surface area contributed by atoms with Crippen LogP contribution in [0.3, 0.4) is 0 Å². The van der Waals surface area contributed by atoms with Gasteiger partial charge in [0, 0.05) is 16.0 Å². The van der Waals surface area contributed by atoms with E-state index in [9.17, 15) is 12.3 Å². The third kappa shape index (κ3) is 2.96. The molecule has 8 heteroatoms. The van der Waals surface area contributed by atoms with Crippen molar-refractivity contribution >= 4 is 43.5 Å². The van der Waals surface area contributed by atoms with Gasteiger partial charge in [-0.2, -0.15) is 8.42 Å². The largest absolute Gasteiger partial charge is 0.303 e. The molecule has 2 aromatic heterocycles. The summed E-state index contributed by atoms with van der Waals surface area (Å²) in [4.78, 5) is 10.9. The quantitative estimate of drug-likeness (QED) is 0.489. The number of aryl methyl sites for hydroxylation is 2. The van der Waals surface area contributed by atoms with Gasteiger partial charge in [-0.25, -0.2) is 9.97 Å². The van der Waals surface area contributed by atoms with E-state index in [1.165, 1.54) is 35.0 Å². The molecule has 0 saturated carbocycles. The second-order valence-electron chi connectivity index (χ2n) is 4.66. The van der Waals surface area contributed by atoms with Gasteiger partial charge in [0.1, 0.15) is 16.2 Å². The Labute approximate surface area is 125 Å². The Kier molecular flexibility index (Phi) is 3.96. The maximum absolute atomic E-state index is 12.5. The van der Waals surface area contributed by atoms with Gasteiger partial charge in [-0.1, -0.05) is 0 Å². The highest BCUT2D eigenvalue weighted by Gasteiger charge is 2.20. The number of hydrogen-bond acceptors (Lipinski definition) is 6. The fourth-order valence-electron chi connectivity index (χ4n) is 2.41. The molecule has 108 valence electrons. The number of halogens is 1. The molecular formula is C12H13FN2O2S3. The van der Waals surface area contributed by atoms with Crippen molar-refractivity contribution in [3.63, 3.8) is 0 Å². The van der Waals surface area contributed by atoms with E-state index in [1.54, 1.807) is 11.3 Å². The van der Waals surface area contributed by atoms with Gasteiger partial charge in [0.25, 0.3) is 0 Å². The van der Waals surface area contributed by atoms with Crippen LogP contribution in [0.5, 0.6) is 0 Å². The maximum Gasteiger partial charge on any atom is 0.303 e. The van der Waals surface area contributed by atoms with Crippen LogP contribution in [0.1, 0.15) is 23.3 Å². The van der Waals surface area contributed by atoms with Gasteiger partial charge in [0.15, 0.2) is 0 Å². The van der Waals surface area contributed by atoms with Crippen LogP contribution in [0.15, 0.2) is 11.4 Å². The van der Waals surface area contributed by atoms with Crippen LogP contribution < -0.4 is 0 Å². The maximum atomic E-state index is 12.5. The minimum atomic E-state index is -4.41. The lowest BCUT2D eigenvalue weighted by molar-refractivity contribution is 0.554. The second-order valence-corrected chi connectivity index (χ2v) is 8.31. The molecule has 20 heavy (non-hydrogen) atoms. The molecule has 0 bridgehead atoms. The summed E-state index contributed by atoms with van der Waals surface area (Å²) in [6.45, 7) is 0. The predicted molar refractivity (Wildman–Crippen MR) is 79.7 cm³/mol. The molecule has 0 aliphatic heterocycles. The van der Waals surface area contributed by atoms with Gasteiger partial charge in [-0.05, 0) is 31.2 Å². The van der Waals surface area contributed by atoms with Crippen LogP contribution in [0.4, 0.5) is 3.89 Å². The number of thioether (sulfide) groups is 1. The van der Waals surface area contributed by atoms with Gasteiger partial charge in [0.05, 0.1) is 5.75 Å². The summed E-state index contributed by atoms with van der Waals surface area (Å²) < 4.78 is 33.7. The molecule has 0 radical (unpaired) electrons. The summed E-state index contributed by atoms with van der Waals surface area (Å²) in [5, 5.41) is 1.83. The lowest BCUT2D eigenvalue weighted by Crippen LogP contribution is -2.02. The second kappa shape index (κ2) is 5.57. The van der Waals surface area contributed by atoms with Crippen molar-refractivity contribution in [1.29, 1.82) is 0 Å². The molecule has 0 spiro atoms. The summed E-state index contributed by atoms with van der Waals surface area (Å²) in [5.74, 6) is -0.301. The first-order valence-corrected chi connectivity index (χ1v) is 9.70. The minimum Gasteiger partial charge on any atom is -0.229 e. The Hall–Kier alpha value is -0.730. The third-order valence-electron chi connectivity index (χ3n) is 3.28. The number of nitrogens with zero attached hydrogens (tertiary/aromatic N) is 2. The summed E-state index contributed by atoms with van der Waals surface area (Å²) >= 11 is 2.99. The molecule has 2 aromatic rings. The van der Waals surface area contributed by atoms with Gasteiger partial charge in [-0.3, -0.25) is 0 Å². The van der Waals surface area contributed by atoms with E-state index in [0.29, 0.717) is 0 Å². The molecular weight excluding hydrogens is 319 g/mol. The van der Waals surface area contributed by atoms with Crippen LogP contribution in [0.2, 0.25) is 0 Å². The molecule has 0 aromatic carbocycles. The van der Waals surface area contributed by atoms with Crippen molar-refractivity contribution in [2.45, 2.75) is 30.7 Å². The average Bonchev–Trinajstić information content (AvgIpc) is 2.76. The zero-order valence-electron chi connectivity index (χ0n) is 10.6. The predicted octanol–water partition coefficient (Wildman–Crippen LogP) is 2.96. The smallest absolute Gasteiger partial charge is 0.229 e. The topological polar surface area (TPSA) is 59.9 Å². The Balaban J connectivity index is 1.92. The van der Waals surface area contributed by atoms with E-state index >= 15 is 0 Å². The molecule has 4 nitrogen and oxygen atoms in total. The van der Waals surface area contributed by atoms with Gasteiger partial charge in [0.2, 0.25) is 0 Å². The molecule has 0 unspecified atom stereocenters. The Morgan fingerprint density at radius 3 is 2.90 bits per heavy atom. The summed E-state index contributed by atoms with van der Waals surface area (Å²) in [6, 6.07) is 0. The van der Waals surface area contributed by atoms with Crippen molar-refractivity contribution in [2.75, 3.05) is 11.5 Å². The van der Waals surface area contributed by atoms with Crippen molar-refractivity contribution in [2.24, 2.45) is 0 Å². The van der Waals surface area contributed by atoms with E-state index < -0.39 is 16.0 Å². The normalized spacial score (nSPS) is 15.4. The zero-order chi connectivity index (χ0) is 14.2. The number of thiophene rings is 1. The molecule has 0 saturated heterocycles. The van der Waals surface area contributed by atoms with Gasteiger partial charge >= 0.3 is 10.2 Å². The Morgan fingerprint density at radius 1 is 1.30 bits per heavy atom. The summed E-state index contributed by atoms with van der Waals surface area (Å²) in [7, 11) is -4.41. The highest BCUT2D eigenvalue weighted by Crippen LogP contribution is 2.39. The molecule has 3 rings (SSSR count). The summed E-state index contributed by atoms with van der Waals surface area (Å²) in [5.41, 5.74) is 1.31. The fraction of sp³-hybridized carbons (Fsp3) is 0.500. The zero-order valence-corrected chi connectivity index (χ0v) is 13.1. The lowest BCUT2D eigenvalue weighted by atomic mass is 9.97. The van der Waals surface area contributed by atoms with E-state index in [0.717, 1.165) is 34.5 Å². The van der Waals surface area contributed by atoms with Crippen LogP contribution >= 0.6 is 23.1 Å². The first-order chi connectivity index (χ1) is 9.54. The average molecular weight is 332 g/mol. The number of rotatable bonds is 4. The van der Waals surface area contributed by atoms with E-state index in [2.05, 4.69) is 9.97 Å². The molecule has 1 aliphatic rings. The number of hydrogen-bond donors (Lipinski definition) is 0. The first-order valence-electron chi connectivity index (χ1n) is 6.35. The Morgan fingerprint density at radius 2 is 2.10 bits per heavy atom. The highest BCUT2D eigenvalue weighted by atomic mass is 32.3. The van der Waals surface area contributed by atoms with Crippen molar-refractivity contribution in [1.82, 2.24) is 9.97 Å². The monoisotopic (exact) mass is 332 g/mol. The van der Waals surface area contributed by atoms with Crippen molar-refractivity contribution in [3.05, 3.63) is 16.8 Å².